The van der Waals surface area contributed by atoms with Crippen molar-refractivity contribution < 1.29 is 24.2 Å². The summed E-state index contributed by atoms with van der Waals surface area (Å²) in [7, 11) is 0. The molecule has 0 aliphatic rings. The number of aromatic nitrogens is 2. The van der Waals surface area contributed by atoms with Gasteiger partial charge in [-0.2, -0.15) is 0 Å². The summed E-state index contributed by atoms with van der Waals surface area (Å²) < 4.78 is 5.03. The normalized spacial score (nSPS) is 11.4. The zero-order valence-electron chi connectivity index (χ0n) is 17.5. The fourth-order valence-electron chi connectivity index (χ4n) is 3.20. The molecule has 2 N–H and O–H groups in total. The quantitative estimate of drug-likeness (QED) is 0.498. The number of rotatable bonds is 9. The predicted octanol–water partition coefficient (Wildman–Crippen LogP) is 3.14. The van der Waals surface area contributed by atoms with E-state index >= 15 is 0 Å². The highest BCUT2D eigenvalue weighted by molar-refractivity contribution is 5.95. The molecule has 0 saturated carbocycles. The SMILES string of the molecule is CCOC(=O)CC(Cc1ccc(-c2ccccc2)cc1)NC(=O)c1cc(C(=O)O)ncn1. The number of aromatic carboxylic acids is 1. The van der Waals surface area contributed by atoms with Crippen LogP contribution in [0.1, 0.15) is 39.9 Å². The molecule has 3 aromatic rings. The Labute approximate surface area is 185 Å². The largest absolute Gasteiger partial charge is 0.477 e. The summed E-state index contributed by atoms with van der Waals surface area (Å²) in [6.07, 6.45) is 1.37. The first kappa shape index (κ1) is 22.6. The minimum atomic E-state index is -1.26. The number of carbonyl (C=O) groups is 3. The van der Waals surface area contributed by atoms with Crippen LogP contribution in [-0.4, -0.2) is 45.6 Å². The molecular weight excluding hydrogens is 410 g/mol. The Kier molecular flexibility index (Phi) is 7.64. The van der Waals surface area contributed by atoms with E-state index in [1.54, 1.807) is 6.92 Å². The van der Waals surface area contributed by atoms with Crippen LogP contribution in [0.15, 0.2) is 67.0 Å². The van der Waals surface area contributed by atoms with Gasteiger partial charge in [-0.05, 0) is 30.0 Å². The highest BCUT2D eigenvalue weighted by Gasteiger charge is 2.20. The minimum absolute atomic E-state index is 0.0309. The molecule has 1 heterocycles. The van der Waals surface area contributed by atoms with Crippen molar-refractivity contribution >= 4 is 17.8 Å². The highest BCUT2D eigenvalue weighted by Crippen LogP contribution is 2.20. The fourth-order valence-corrected chi connectivity index (χ4v) is 3.20. The van der Waals surface area contributed by atoms with E-state index in [9.17, 15) is 14.4 Å². The van der Waals surface area contributed by atoms with Crippen LogP contribution in [0.5, 0.6) is 0 Å². The van der Waals surface area contributed by atoms with Crippen LogP contribution < -0.4 is 5.32 Å². The molecule has 164 valence electrons. The average molecular weight is 433 g/mol. The van der Waals surface area contributed by atoms with E-state index in [-0.39, 0.29) is 24.4 Å². The minimum Gasteiger partial charge on any atom is -0.477 e. The molecule has 0 fully saturated rings. The third kappa shape index (κ3) is 6.21. The maximum atomic E-state index is 12.7. The van der Waals surface area contributed by atoms with Crippen molar-refractivity contribution in [2.45, 2.75) is 25.8 Å². The van der Waals surface area contributed by atoms with Crippen molar-refractivity contribution in [3.05, 3.63) is 83.9 Å². The van der Waals surface area contributed by atoms with Gasteiger partial charge in [0.15, 0.2) is 5.69 Å². The first-order valence-electron chi connectivity index (χ1n) is 10.1. The van der Waals surface area contributed by atoms with Crippen LogP contribution in [0.2, 0.25) is 0 Å². The van der Waals surface area contributed by atoms with Crippen LogP contribution in [0.4, 0.5) is 0 Å². The predicted molar refractivity (Wildman–Crippen MR) is 117 cm³/mol. The number of hydrogen-bond donors (Lipinski definition) is 2. The number of esters is 1. The number of ether oxygens (including phenoxy) is 1. The molecule has 0 aliphatic heterocycles. The Morgan fingerprint density at radius 3 is 2.28 bits per heavy atom. The van der Waals surface area contributed by atoms with Gasteiger partial charge in [-0.3, -0.25) is 9.59 Å². The molecular formula is C24H23N3O5. The standard InChI is InChI=1S/C24H23N3O5/c1-2-32-22(28)13-19(27-23(29)20-14-21(24(30)31)26-15-25-20)12-16-8-10-18(11-9-16)17-6-4-3-5-7-17/h3-11,14-15,19H,2,12-13H2,1H3,(H,27,29)(H,30,31). The lowest BCUT2D eigenvalue weighted by atomic mass is 9.99. The van der Waals surface area contributed by atoms with E-state index in [0.717, 1.165) is 29.1 Å². The van der Waals surface area contributed by atoms with E-state index in [0.29, 0.717) is 6.42 Å². The summed E-state index contributed by atoms with van der Waals surface area (Å²) >= 11 is 0. The second kappa shape index (κ2) is 10.8. The molecule has 0 saturated heterocycles. The van der Waals surface area contributed by atoms with Crippen molar-refractivity contribution in [2.75, 3.05) is 6.61 Å². The fraction of sp³-hybridized carbons (Fsp3) is 0.208. The molecule has 0 bridgehead atoms. The van der Waals surface area contributed by atoms with Crippen molar-refractivity contribution in [1.82, 2.24) is 15.3 Å². The van der Waals surface area contributed by atoms with Gasteiger partial charge in [0.25, 0.3) is 5.91 Å². The molecule has 8 heteroatoms. The maximum absolute atomic E-state index is 12.7. The lowest BCUT2D eigenvalue weighted by molar-refractivity contribution is -0.143. The number of amides is 1. The Morgan fingerprint density at radius 2 is 1.62 bits per heavy atom. The van der Waals surface area contributed by atoms with Gasteiger partial charge in [0.05, 0.1) is 13.0 Å². The van der Waals surface area contributed by atoms with Gasteiger partial charge in [-0.15, -0.1) is 0 Å². The molecule has 0 radical (unpaired) electrons. The van der Waals surface area contributed by atoms with Gasteiger partial charge in [-0.25, -0.2) is 14.8 Å². The second-order valence-electron chi connectivity index (χ2n) is 7.04. The van der Waals surface area contributed by atoms with Crippen molar-refractivity contribution in [3.8, 4) is 11.1 Å². The number of nitrogens with one attached hydrogen (secondary N) is 1. The van der Waals surface area contributed by atoms with E-state index in [4.69, 9.17) is 9.84 Å². The summed E-state index contributed by atoms with van der Waals surface area (Å²) in [5, 5.41) is 11.8. The zero-order valence-corrected chi connectivity index (χ0v) is 17.5. The molecule has 1 unspecified atom stereocenters. The molecule has 8 nitrogen and oxygen atoms in total. The number of carbonyl (C=O) groups excluding carboxylic acids is 2. The van der Waals surface area contributed by atoms with Crippen molar-refractivity contribution in [3.63, 3.8) is 0 Å². The van der Waals surface area contributed by atoms with Gasteiger partial charge in [0, 0.05) is 12.1 Å². The van der Waals surface area contributed by atoms with Crippen LogP contribution in [0, 0.1) is 0 Å². The maximum Gasteiger partial charge on any atom is 0.354 e. The van der Waals surface area contributed by atoms with Gasteiger partial charge in [-0.1, -0.05) is 54.6 Å². The lowest BCUT2D eigenvalue weighted by Crippen LogP contribution is -2.39. The van der Waals surface area contributed by atoms with Gasteiger partial charge in [0.1, 0.15) is 12.0 Å². The second-order valence-corrected chi connectivity index (χ2v) is 7.04. The van der Waals surface area contributed by atoms with Crippen molar-refractivity contribution in [1.29, 1.82) is 0 Å². The van der Waals surface area contributed by atoms with Crippen LogP contribution in [0.3, 0.4) is 0 Å². The van der Waals surface area contributed by atoms with Crippen LogP contribution in [-0.2, 0) is 16.0 Å². The molecule has 32 heavy (non-hydrogen) atoms. The molecule has 1 aromatic heterocycles. The summed E-state index contributed by atoms with van der Waals surface area (Å²) in [4.78, 5) is 43.3. The van der Waals surface area contributed by atoms with Crippen LogP contribution in [0.25, 0.3) is 11.1 Å². The Hall–Kier alpha value is -4.07. The van der Waals surface area contributed by atoms with E-state index in [1.807, 2.05) is 54.6 Å². The first-order valence-corrected chi connectivity index (χ1v) is 10.1. The molecule has 0 spiro atoms. The van der Waals surface area contributed by atoms with E-state index in [2.05, 4.69) is 15.3 Å². The smallest absolute Gasteiger partial charge is 0.354 e. The van der Waals surface area contributed by atoms with Gasteiger partial charge >= 0.3 is 11.9 Å². The summed E-state index contributed by atoms with van der Waals surface area (Å²) in [6.45, 7) is 1.95. The summed E-state index contributed by atoms with van der Waals surface area (Å²) in [6, 6.07) is 18.3. The number of carboxylic acid groups (broad SMARTS) is 1. The molecule has 2 aromatic carbocycles. The zero-order chi connectivity index (χ0) is 22.9. The number of benzene rings is 2. The molecule has 1 atom stereocenters. The third-order valence-corrected chi connectivity index (χ3v) is 4.72. The Balaban J connectivity index is 1.75. The van der Waals surface area contributed by atoms with Gasteiger partial charge in [0.2, 0.25) is 0 Å². The monoisotopic (exact) mass is 433 g/mol. The van der Waals surface area contributed by atoms with E-state index in [1.165, 1.54) is 0 Å². The highest BCUT2D eigenvalue weighted by atomic mass is 16.5. The molecule has 1 amide bonds. The molecule has 0 aliphatic carbocycles. The topological polar surface area (TPSA) is 118 Å². The van der Waals surface area contributed by atoms with Crippen molar-refractivity contribution in [2.24, 2.45) is 0 Å². The lowest BCUT2D eigenvalue weighted by Gasteiger charge is -2.18. The summed E-state index contributed by atoms with van der Waals surface area (Å²) in [5.41, 5.74) is 2.69. The van der Waals surface area contributed by atoms with Crippen LogP contribution >= 0.6 is 0 Å². The molecule has 3 rings (SSSR count). The Morgan fingerprint density at radius 1 is 0.969 bits per heavy atom. The number of carboxylic acids is 1. The average Bonchev–Trinajstić information content (AvgIpc) is 2.80. The van der Waals surface area contributed by atoms with Gasteiger partial charge < -0.3 is 15.2 Å². The third-order valence-electron chi connectivity index (χ3n) is 4.72. The summed E-state index contributed by atoms with van der Waals surface area (Å²) in [5.74, 6) is -2.29. The Bertz CT molecular complexity index is 1080. The number of nitrogens with zero attached hydrogens (tertiary/aromatic N) is 2. The van der Waals surface area contributed by atoms with E-state index < -0.39 is 23.9 Å². The number of hydrogen-bond acceptors (Lipinski definition) is 6. The first-order chi connectivity index (χ1) is 15.5.